The zero-order valence-corrected chi connectivity index (χ0v) is 53.7. The molecule has 9 N–H and O–H groups in total. The second-order valence-electron chi connectivity index (χ2n) is 23.2. The summed E-state index contributed by atoms with van der Waals surface area (Å²) in [4.78, 5) is 13.3. The van der Waals surface area contributed by atoms with E-state index in [0.717, 1.165) is 103 Å². The summed E-state index contributed by atoms with van der Waals surface area (Å²) < 4.78 is 22.8. The minimum atomic E-state index is -1.80. The number of amides is 1. The Bertz CT molecular complexity index is 1970. The van der Waals surface area contributed by atoms with Crippen molar-refractivity contribution in [2.75, 3.05) is 19.8 Å². The van der Waals surface area contributed by atoms with E-state index in [1.54, 1.807) is 6.08 Å². The van der Waals surface area contributed by atoms with E-state index in [2.05, 4.69) is 141 Å². The van der Waals surface area contributed by atoms with Crippen molar-refractivity contribution in [1.82, 2.24) is 5.32 Å². The highest BCUT2D eigenvalue weighted by atomic mass is 16.7. The first-order chi connectivity index (χ1) is 42.6. The van der Waals surface area contributed by atoms with Gasteiger partial charge in [0.15, 0.2) is 12.6 Å². The van der Waals surface area contributed by atoms with Gasteiger partial charge in [-0.3, -0.25) is 4.79 Å². The topological polar surface area (TPSA) is 228 Å². The zero-order chi connectivity index (χ0) is 63.1. The smallest absolute Gasteiger partial charge is 0.220 e. The molecule has 2 aliphatic rings. The first-order valence-corrected chi connectivity index (χ1v) is 33.9. The molecular formula is C73H121NO13. The van der Waals surface area contributed by atoms with Gasteiger partial charge in [0, 0.05) is 6.42 Å². The first kappa shape index (κ1) is 79.2. The predicted octanol–water partition coefficient (Wildman–Crippen LogP) is 13.5. The lowest BCUT2D eigenvalue weighted by Crippen LogP contribution is -2.65. The fourth-order valence-electron chi connectivity index (χ4n) is 10.2. The number of nitrogens with one attached hydrogen (secondary N) is 1. The number of ether oxygens (including phenoxy) is 4. The van der Waals surface area contributed by atoms with Gasteiger partial charge in [0.05, 0.1) is 32.0 Å². The Hall–Kier alpha value is -3.87. The van der Waals surface area contributed by atoms with Gasteiger partial charge in [-0.05, 0) is 109 Å². The number of rotatable bonds is 53. The molecule has 2 aliphatic heterocycles. The van der Waals surface area contributed by atoms with Gasteiger partial charge in [0.25, 0.3) is 0 Å². The van der Waals surface area contributed by atoms with Crippen molar-refractivity contribution < 1.29 is 64.6 Å². The van der Waals surface area contributed by atoms with Gasteiger partial charge in [-0.15, -0.1) is 0 Å². The van der Waals surface area contributed by atoms with E-state index in [-0.39, 0.29) is 18.9 Å². The summed E-state index contributed by atoms with van der Waals surface area (Å²) in [6, 6.07) is -0.946. The third-order valence-electron chi connectivity index (χ3n) is 15.5. The van der Waals surface area contributed by atoms with E-state index in [0.29, 0.717) is 12.8 Å². The van der Waals surface area contributed by atoms with E-state index in [1.165, 1.54) is 89.9 Å². The summed E-state index contributed by atoms with van der Waals surface area (Å²) >= 11 is 0. The van der Waals surface area contributed by atoms with Crippen molar-refractivity contribution in [2.24, 2.45) is 0 Å². The summed E-state index contributed by atoms with van der Waals surface area (Å²) in [5, 5.41) is 87.1. The van der Waals surface area contributed by atoms with Gasteiger partial charge in [-0.25, -0.2) is 0 Å². The summed E-state index contributed by atoms with van der Waals surface area (Å²) in [6.45, 7) is 2.62. The highest BCUT2D eigenvalue weighted by Gasteiger charge is 2.51. The third kappa shape index (κ3) is 40.5. The number of aliphatic hydroxyl groups is 8. The largest absolute Gasteiger partial charge is 0.394 e. The summed E-state index contributed by atoms with van der Waals surface area (Å²) in [5.41, 5.74) is 0. The van der Waals surface area contributed by atoms with E-state index in [9.17, 15) is 45.6 Å². The highest BCUT2D eigenvalue weighted by molar-refractivity contribution is 5.76. The number of carbonyl (C=O) groups excluding carboxylic acids is 1. The Kier molecular flexibility index (Phi) is 51.1. The molecule has 1 amide bonds. The van der Waals surface area contributed by atoms with Gasteiger partial charge < -0.3 is 65.1 Å². The molecule has 2 rings (SSSR count). The molecule has 0 aliphatic carbocycles. The average Bonchev–Trinajstić information content (AvgIpc) is 2.05. The number of hydrogen-bond donors (Lipinski definition) is 9. The number of carbonyl (C=O) groups is 1. The van der Waals surface area contributed by atoms with E-state index >= 15 is 0 Å². The minimum Gasteiger partial charge on any atom is -0.394 e. The van der Waals surface area contributed by atoms with E-state index < -0.39 is 86.8 Å². The Morgan fingerprint density at radius 3 is 1.26 bits per heavy atom. The molecule has 0 saturated carbocycles. The van der Waals surface area contributed by atoms with Crippen molar-refractivity contribution in [3.05, 3.63) is 134 Å². The lowest BCUT2D eigenvalue weighted by Gasteiger charge is -2.46. The van der Waals surface area contributed by atoms with Crippen LogP contribution in [0.1, 0.15) is 226 Å². The molecule has 12 atom stereocenters. The van der Waals surface area contributed by atoms with Gasteiger partial charge >= 0.3 is 0 Å². The van der Waals surface area contributed by atoms with Crippen LogP contribution in [0, 0.1) is 0 Å². The summed E-state index contributed by atoms with van der Waals surface area (Å²) in [7, 11) is 0. The van der Waals surface area contributed by atoms with Crippen LogP contribution in [-0.4, -0.2) is 140 Å². The fraction of sp³-hybridized carbons (Fsp3) is 0.685. The lowest BCUT2D eigenvalue weighted by atomic mass is 9.97. The molecule has 87 heavy (non-hydrogen) atoms. The van der Waals surface area contributed by atoms with Crippen molar-refractivity contribution in [3.63, 3.8) is 0 Å². The molecule has 12 unspecified atom stereocenters. The Morgan fingerprint density at radius 1 is 0.425 bits per heavy atom. The molecule has 2 fully saturated rings. The lowest BCUT2D eigenvalue weighted by molar-refractivity contribution is -0.359. The molecular weight excluding hydrogens is 1100 g/mol. The van der Waals surface area contributed by atoms with Gasteiger partial charge in [-0.2, -0.15) is 0 Å². The maximum Gasteiger partial charge on any atom is 0.220 e. The molecule has 0 radical (unpaired) electrons. The van der Waals surface area contributed by atoms with Crippen LogP contribution in [0.4, 0.5) is 0 Å². The quantitative estimate of drug-likeness (QED) is 0.0204. The molecule has 0 bridgehead atoms. The minimum absolute atomic E-state index is 0.260. The van der Waals surface area contributed by atoms with Crippen LogP contribution in [-0.2, 0) is 23.7 Å². The van der Waals surface area contributed by atoms with Crippen molar-refractivity contribution in [3.8, 4) is 0 Å². The molecule has 2 saturated heterocycles. The van der Waals surface area contributed by atoms with Crippen LogP contribution < -0.4 is 5.32 Å². The molecule has 14 heteroatoms. The zero-order valence-electron chi connectivity index (χ0n) is 53.7. The molecule has 0 spiro atoms. The van der Waals surface area contributed by atoms with Crippen molar-refractivity contribution in [2.45, 2.75) is 299 Å². The molecule has 0 aromatic rings. The fourth-order valence-corrected chi connectivity index (χ4v) is 10.2. The maximum absolute atomic E-state index is 13.3. The molecule has 0 aromatic heterocycles. The maximum atomic E-state index is 13.3. The Morgan fingerprint density at radius 2 is 0.805 bits per heavy atom. The van der Waals surface area contributed by atoms with Crippen molar-refractivity contribution in [1.29, 1.82) is 0 Å². The molecule has 496 valence electrons. The molecule has 0 aromatic carbocycles. The van der Waals surface area contributed by atoms with Crippen LogP contribution in [0.3, 0.4) is 0 Å². The van der Waals surface area contributed by atoms with E-state index in [4.69, 9.17) is 18.9 Å². The number of unbranched alkanes of at least 4 members (excludes halogenated alkanes) is 20. The van der Waals surface area contributed by atoms with Gasteiger partial charge in [0.1, 0.15) is 48.8 Å². The van der Waals surface area contributed by atoms with Crippen LogP contribution in [0.25, 0.3) is 0 Å². The molecule has 2 heterocycles. The van der Waals surface area contributed by atoms with Crippen LogP contribution in [0.15, 0.2) is 134 Å². The Balaban J connectivity index is 1.62. The molecule has 14 nitrogen and oxygen atoms in total. The average molecular weight is 1220 g/mol. The van der Waals surface area contributed by atoms with Crippen LogP contribution in [0.2, 0.25) is 0 Å². The number of allylic oxidation sites excluding steroid dienone is 21. The second kappa shape index (κ2) is 56.1. The van der Waals surface area contributed by atoms with Crippen LogP contribution in [0.5, 0.6) is 0 Å². The third-order valence-corrected chi connectivity index (χ3v) is 15.5. The summed E-state index contributed by atoms with van der Waals surface area (Å²) in [6.07, 6.45) is 66.6. The highest BCUT2D eigenvalue weighted by Crippen LogP contribution is 2.30. The van der Waals surface area contributed by atoms with E-state index in [1.807, 2.05) is 6.08 Å². The van der Waals surface area contributed by atoms with Gasteiger partial charge in [0.2, 0.25) is 5.91 Å². The van der Waals surface area contributed by atoms with Crippen molar-refractivity contribution >= 4 is 5.91 Å². The number of aliphatic hydroxyl groups excluding tert-OH is 8. The SMILES string of the molecule is CC/C=C\C/C=C\C/C=C\C/C=C\C/C=C\C/C=C\C/C=C\C/C=C\CCCCCCCCCCCCCCCCC(=O)NC(COC1OC(CO)C(OC2OC(CO)C(O)C(O)C2O)C(O)C1O)C(O)/C=C/CC/C=C/CC/C=C/CCCCCC. The van der Waals surface area contributed by atoms with Gasteiger partial charge in [-0.1, -0.05) is 244 Å². The summed E-state index contributed by atoms with van der Waals surface area (Å²) in [5.74, 6) is -0.260. The first-order valence-electron chi connectivity index (χ1n) is 33.9. The Labute approximate surface area is 526 Å². The standard InChI is InChI=1S/C73H121NO13/c1-3-5-7-9-11-13-15-17-19-20-21-22-23-24-25-26-27-28-29-30-31-32-33-34-35-36-37-38-39-40-41-42-43-45-47-49-51-53-55-57-65(78)74-61(62(77)56-54-52-50-48-46-44-18-16-14-12-10-8-6-4-2)60-84-72-70(83)68(81)71(64(59-76)86-72)87-73-69(82)67(80)66(79)63(58-75)85-73/h5,7,11,13-14,16-17,19,21-22,24-25,27-28,30-31,33-34,46,48,54,56,61-64,66-73,75-77,79-83H,3-4,6,8-10,12,15,18,20,23,26,29,32,35-45,47,49-53,55,57-60H2,1-2H3,(H,74,78)/b7-5-,13-11-,16-14+,19-17-,22-21-,25-24-,28-27-,31-30-,34-33-,48-46+,56-54+. The second-order valence-corrected chi connectivity index (χ2v) is 23.2. The monoisotopic (exact) mass is 1220 g/mol. The number of hydrogen-bond acceptors (Lipinski definition) is 13. The predicted molar refractivity (Wildman–Crippen MR) is 355 cm³/mol. The van der Waals surface area contributed by atoms with Crippen LogP contribution >= 0.6 is 0 Å². The normalized spacial score (nSPS) is 24.2.